The van der Waals surface area contributed by atoms with E-state index in [0.717, 1.165) is 12.8 Å². The van der Waals surface area contributed by atoms with Crippen LogP contribution in [0.3, 0.4) is 0 Å². The van der Waals surface area contributed by atoms with Gasteiger partial charge in [-0.15, -0.1) is 0 Å². The maximum Gasteiger partial charge on any atom is -0.00821 e. The maximum atomic E-state index is 2.33. The molecule has 3 rings (SSSR count). The quantitative estimate of drug-likeness (QED) is 0.534. The average Bonchev–Trinajstić information content (AvgIpc) is 2.49. The van der Waals surface area contributed by atoms with Gasteiger partial charge in [0.25, 0.3) is 0 Å². The van der Waals surface area contributed by atoms with Crippen molar-refractivity contribution in [1.82, 2.24) is 0 Å². The van der Waals surface area contributed by atoms with Crippen molar-refractivity contribution in [2.24, 2.45) is 0 Å². The van der Waals surface area contributed by atoms with Gasteiger partial charge in [0.2, 0.25) is 0 Å². The Kier molecular flexibility index (Phi) is 1.66. The van der Waals surface area contributed by atoms with E-state index in [2.05, 4.69) is 48.6 Å². The SMILES string of the molecule is C1=CCC=C2C(=C1)C1=C2CC=CC=C1. The molecule has 0 nitrogen and oxygen atoms in total. The zero-order chi connectivity index (χ0) is 9.38. The van der Waals surface area contributed by atoms with Gasteiger partial charge in [0.05, 0.1) is 0 Å². The summed E-state index contributed by atoms with van der Waals surface area (Å²) in [6, 6.07) is 0. The third-order valence-corrected chi connectivity index (χ3v) is 2.92. The summed E-state index contributed by atoms with van der Waals surface area (Å²) in [5, 5.41) is 0. The normalized spacial score (nSPS) is 22.9. The molecule has 0 fully saturated rings. The van der Waals surface area contributed by atoms with Gasteiger partial charge in [0.1, 0.15) is 0 Å². The molecule has 3 aliphatic rings. The molecule has 0 aromatic heterocycles. The lowest BCUT2D eigenvalue weighted by molar-refractivity contribution is 1.11. The Morgan fingerprint density at radius 2 is 1.93 bits per heavy atom. The number of hydrogen-bond acceptors (Lipinski definition) is 0. The Hall–Kier alpha value is -1.56. The van der Waals surface area contributed by atoms with Crippen LogP contribution < -0.4 is 0 Å². The fourth-order valence-corrected chi connectivity index (χ4v) is 2.22. The first-order chi connectivity index (χ1) is 6.97. The molecule has 0 saturated heterocycles. The molecule has 0 spiro atoms. The summed E-state index contributed by atoms with van der Waals surface area (Å²) in [5.74, 6) is 0. The van der Waals surface area contributed by atoms with Crippen molar-refractivity contribution in [3.05, 3.63) is 70.9 Å². The van der Waals surface area contributed by atoms with Crippen molar-refractivity contribution in [1.29, 1.82) is 0 Å². The molecule has 14 heavy (non-hydrogen) atoms. The van der Waals surface area contributed by atoms with E-state index in [9.17, 15) is 0 Å². The van der Waals surface area contributed by atoms with Gasteiger partial charge in [0, 0.05) is 0 Å². The molecule has 0 amide bonds. The van der Waals surface area contributed by atoms with E-state index in [1.54, 1.807) is 0 Å². The second-order valence-electron chi connectivity index (χ2n) is 3.75. The molecule has 68 valence electrons. The van der Waals surface area contributed by atoms with Gasteiger partial charge in [0.15, 0.2) is 0 Å². The summed E-state index contributed by atoms with van der Waals surface area (Å²) in [6.07, 6.45) is 19.8. The van der Waals surface area contributed by atoms with E-state index < -0.39 is 0 Å². The molecule has 0 atom stereocenters. The van der Waals surface area contributed by atoms with Crippen molar-refractivity contribution in [2.75, 3.05) is 0 Å². The van der Waals surface area contributed by atoms with Crippen molar-refractivity contribution in [3.8, 4) is 0 Å². The zero-order valence-corrected chi connectivity index (χ0v) is 8.03. The Morgan fingerprint density at radius 1 is 0.929 bits per heavy atom. The molecule has 0 N–H and O–H groups in total. The lowest BCUT2D eigenvalue weighted by atomic mass is 9.76. The lowest BCUT2D eigenvalue weighted by Gasteiger charge is -2.28. The second kappa shape index (κ2) is 2.98. The second-order valence-corrected chi connectivity index (χ2v) is 3.75. The fraction of sp³-hybridized carbons (Fsp3) is 0.143. The van der Waals surface area contributed by atoms with Gasteiger partial charge < -0.3 is 0 Å². The highest BCUT2D eigenvalue weighted by Gasteiger charge is 2.26. The smallest absolute Gasteiger partial charge is 0.00821 e. The first-order valence-electron chi connectivity index (χ1n) is 5.11. The van der Waals surface area contributed by atoms with Crippen LogP contribution in [0.1, 0.15) is 12.8 Å². The van der Waals surface area contributed by atoms with Crippen molar-refractivity contribution in [2.45, 2.75) is 12.8 Å². The Balaban J connectivity index is 2.12. The minimum atomic E-state index is 1.07. The third-order valence-electron chi connectivity index (χ3n) is 2.92. The lowest BCUT2D eigenvalue weighted by Crippen LogP contribution is -2.10. The average molecular weight is 180 g/mol. The fourth-order valence-electron chi connectivity index (χ4n) is 2.22. The third kappa shape index (κ3) is 1.00. The Labute approximate surface area is 84.3 Å². The summed E-state index contributed by atoms with van der Waals surface area (Å²) >= 11 is 0. The van der Waals surface area contributed by atoms with E-state index in [4.69, 9.17) is 0 Å². The summed E-state index contributed by atoms with van der Waals surface area (Å²) in [4.78, 5) is 0. The van der Waals surface area contributed by atoms with Crippen LogP contribution in [0.5, 0.6) is 0 Å². The molecule has 0 radical (unpaired) electrons. The summed E-state index contributed by atoms with van der Waals surface area (Å²) in [7, 11) is 0. The van der Waals surface area contributed by atoms with Crippen molar-refractivity contribution >= 4 is 0 Å². The highest BCUT2D eigenvalue weighted by Crippen LogP contribution is 2.44. The summed E-state index contributed by atoms with van der Waals surface area (Å²) in [6.45, 7) is 0. The predicted molar refractivity (Wildman–Crippen MR) is 59.8 cm³/mol. The summed E-state index contributed by atoms with van der Waals surface area (Å²) in [5.41, 5.74) is 5.85. The molecular formula is C14H12. The maximum absolute atomic E-state index is 2.33. The van der Waals surface area contributed by atoms with E-state index in [1.807, 2.05) is 0 Å². The van der Waals surface area contributed by atoms with E-state index in [0.29, 0.717) is 0 Å². The van der Waals surface area contributed by atoms with Gasteiger partial charge in [-0.05, 0) is 35.1 Å². The highest BCUT2D eigenvalue weighted by molar-refractivity contribution is 5.75. The number of fused-ring (bicyclic) bond motifs is 3. The molecule has 0 unspecified atom stereocenters. The molecule has 0 aromatic rings. The topological polar surface area (TPSA) is 0 Å². The van der Waals surface area contributed by atoms with Crippen LogP contribution in [0, 0.1) is 0 Å². The summed E-state index contributed by atoms with van der Waals surface area (Å²) < 4.78 is 0. The number of allylic oxidation sites excluding steroid dienone is 12. The van der Waals surface area contributed by atoms with Crippen LogP contribution in [-0.2, 0) is 0 Å². The molecule has 0 saturated carbocycles. The van der Waals surface area contributed by atoms with Crippen LogP contribution in [0.15, 0.2) is 70.9 Å². The minimum absolute atomic E-state index is 1.07. The van der Waals surface area contributed by atoms with Crippen molar-refractivity contribution < 1.29 is 0 Å². The number of hydrogen-bond donors (Lipinski definition) is 0. The molecular weight excluding hydrogens is 168 g/mol. The molecule has 3 aliphatic carbocycles. The predicted octanol–water partition coefficient (Wildman–Crippen LogP) is 3.63. The molecule has 0 aromatic carbocycles. The van der Waals surface area contributed by atoms with E-state index in [1.165, 1.54) is 22.3 Å². The minimum Gasteiger partial charge on any atom is -0.0807 e. The molecule has 0 heteroatoms. The van der Waals surface area contributed by atoms with Crippen LogP contribution in [-0.4, -0.2) is 0 Å². The Bertz CT molecular complexity index is 448. The van der Waals surface area contributed by atoms with Gasteiger partial charge in [-0.3, -0.25) is 0 Å². The first-order valence-corrected chi connectivity index (χ1v) is 5.11. The van der Waals surface area contributed by atoms with E-state index in [-0.39, 0.29) is 0 Å². The van der Waals surface area contributed by atoms with Crippen LogP contribution >= 0.6 is 0 Å². The van der Waals surface area contributed by atoms with Gasteiger partial charge >= 0.3 is 0 Å². The van der Waals surface area contributed by atoms with Crippen LogP contribution in [0.2, 0.25) is 0 Å². The van der Waals surface area contributed by atoms with Gasteiger partial charge in [-0.25, -0.2) is 0 Å². The first kappa shape index (κ1) is 7.81. The van der Waals surface area contributed by atoms with Crippen LogP contribution in [0.4, 0.5) is 0 Å². The monoisotopic (exact) mass is 180 g/mol. The van der Waals surface area contributed by atoms with Gasteiger partial charge in [-0.1, -0.05) is 48.6 Å². The number of rotatable bonds is 0. The van der Waals surface area contributed by atoms with Crippen molar-refractivity contribution in [3.63, 3.8) is 0 Å². The Morgan fingerprint density at radius 3 is 2.93 bits per heavy atom. The molecule has 0 bridgehead atoms. The zero-order valence-electron chi connectivity index (χ0n) is 8.03. The molecule has 0 aliphatic heterocycles. The molecule has 0 heterocycles. The highest BCUT2D eigenvalue weighted by atomic mass is 14.3. The largest absolute Gasteiger partial charge is 0.0807 e. The van der Waals surface area contributed by atoms with E-state index >= 15 is 0 Å². The van der Waals surface area contributed by atoms with Gasteiger partial charge in [-0.2, -0.15) is 0 Å². The standard InChI is InChI=1S/C14H12/c1-3-7-11-12(8-4-1)14-10-6-2-5-9-13(11)14/h1-5,7,9-10H,6,8H2. The van der Waals surface area contributed by atoms with Crippen LogP contribution in [0.25, 0.3) is 0 Å².